The Morgan fingerprint density at radius 1 is 1.29 bits per heavy atom. The lowest BCUT2D eigenvalue weighted by Crippen LogP contribution is -2.33. The Kier molecular flexibility index (Phi) is 6.52. The standard InChI is InChI=1S/C13H25NO3/c1-2-10-3-5-11(6-4-10)8-14-9-12(15)7-13(16)17/h10-12,14-15H,2-9H2,1H3,(H,16,17). The van der Waals surface area contributed by atoms with Crippen LogP contribution in [0.1, 0.15) is 45.4 Å². The molecule has 1 unspecified atom stereocenters. The molecule has 4 nitrogen and oxygen atoms in total. The monoisotopic (exact) mass is 243 g/mol. The molecule has 1 fully saturated rings. The second-order valence-electron chi connectivity index (χ2n) is 5.20. The van der Waals surface area contributed by atoms with Crippen LogP contribution in [0.5, 0.6) is 0 Å². The van der Waals surface area contributed by atoms with Gasteiger partial charge in [0, 0.05) is 6.54 Å². The average molecular weight is 243 g/mol. The van der Waals surface area contributed by atoms with E-state index in [0.717, 1.165) is 12.5 Å². The molecule has 1 rings (SSSR count). The number of carboxylic acid groups (broad SMARTS) is 1. The van der Waals surface area contributed by atoms with Crippen LogP contribution in [0.4, 0.5) is 0 Å². The van der Waals surface area contributed by atoms with Crippen molar-refractivity contribution < 1.29 is 15.0 Å². The number of hydrogen-bond donors (Lipinski definition) is 3. The van der Waals surface area contributed by atoms with Crippen molar-refractivity contribution in [3.8, 4) is 0 Å². The molecule has 0 amide bonds. The van der Waals surface area contributed by atoms with E-state index in [0.29, 0.717) is 12.5 Å². The molecule has 1 aliphatic carbocycles. The van der Waals surface area contributed by atoms with Crippen LogP contribution in [0.15, 0.2) is 0 Å². The maximum atomic E-state index is 10.4. The molecule has 0 saturated heterocycles. The van der Waals surface area contributed by atoms with Gasteiger partial charge in [0.05, 0.1) is 12.5 Å². The molecule has 0 aromatic heterocycles. The van der Waals surface area contributed by atoms with Gasteiger partial charge in [-0.05, 0) is 31.2 Å². The Hall–Kier alpha value is -0.610. The highest BCUT2D eigenvalue weighted by atomic mass is 16.4. The lowest BCUT2D eigenvalue weighted by molar-refractivity contribution is -0.139. The Bertz CT molecular complexity index is 225. The normalized spacial score (nSPS) is 26.7. The van der Waals surface area contributed by atoms with Gasteiger partial charge in [0.15, 0.2) is 0 Å². The van der Waals surface area contributed by atoms with Crippen LogP contribution in [0.2, 0.25) is 0 Å². The summed E-state index contributed by atoms with van der Waals surface area (Å²) in [6, 6.07) is 0. The van der Waals surface area contributed by atoms with Crippen molar-refractivity contribution in [3.05, 3.63) is 0 Å². The first-order valence-electron chi connectivity index (χ1n) is 6.72. The highest BCUT2D eigenvalue weighted by molar-refractivity contribution is 5.67. The smallest absolute Gasteiger partial charge is 0.306 e. The van der Waals surface area contributed by atoms with Crippen molar-refractivity contribution in [1.82, 2.24) is 5.32 Å². The summed E-state index contributed by atoms with van der Waals surface area (Å²) in [6.07, 6.45) is 5.52. The third kappa shape index (κ3) is 6.03. The van der Waals surface area contributed by atoms with E-state index in [2.05, 4.69) is 12.2 Å². The van der Waals surface area contributed by atoms with Crippen molar-refractivity contribution in [1.29, 1.82) is 0 Å². The van der Waals surface area contributed by atoms with Gasteiger partial charge >= 0.3 is 5.97 Å². The number of aliphatic hydroxyl groups excluding tert-OH is 1. The first-order valence-corrected chi connectivity index (χ1v) is 6.72. The van der Waals surface area contributed by atoms with Gasteiger partial charge in [-0.15, -0.1) is 0 Å². The predicted octanol–water partition coefficient (Wildman–Crippen LogP) is 1.63. The van der Waals surface area contributed by atoms with Gasteiger partial charge in [-0.1, -0.05) is 26.2 Å². The van der Waals surface area contributed by atoms with E-state index in [1.165, 1.54) is 32.1 Å². The molecule has 1 atom stereocenters. The number of aliphatic carboxylic acids is 1. The average Bonchev–Trinajstić information content (AvgIpc) is 2.29. The summed E-state index contributed by atoms with van der Waals surface area (Å²) < 4.78 is 0. The number of hydrogen-bond acceptors (Lipinski definition) is 3. The Balaban J connectivity index is 2.05. The molecule has 0 aromatic carbocycles. The summed E-state index contributed by atoms with van der Waals surface area (Å²) in [5.41, 5.74) is 0. The largest absolute Gasteiger partial charge is 0.481 e. The molecule has 100 valence electrons. The molecule has 1 saturated carbocycles. The fourth-order valence-corrected chi connectivity index (χ4v) is 2.57. The van der Waals surface area contributed by atoms with E-state index in [-0.39, 0.29) is 6.42 Å². The first-order chi connectivity index (χ1) is 8.11. The molecular formula is C13H25NO3. The number of nitrogens with one attached hydrogen (secondary N) is 1. The predicted molar refractivity (Wildman–Crippen MR) is 66.9 cm³/mol. The quantitative estimate of drug-likeness (QED) is 0.635. The SMILES string of the molecule is CCC1CCC(CNCC(O)CC(=O)O)CC1. The number of rotatable bonds is 7. The van der Waals surface area contributed by atoms with Gasteiger partial charge in [0.2, 0.25) is 0 Å². The Labute approximate surface area is 103 Å². The molecule has 0 aliphatic heterocycles. The summed E-state index contributed by atoms with van der Waals surface area (Å²) in [4.78, 5) is 10.4. The van der Waals surface area contributed by atoms with E-state index < -0.39 is 12.1 Å². The lowest BCUT2D eigenvalue weighted by atomic mass is 9.81. The highest BCUT2D eigenvalue weighted by Crippen LogP contribution is 2.29. The molecule has 0 spiro atoms. The van der Waals surface area contributed by atoms with Gasteiger partial charge < -0.3 is 15.5 Å². The number of aliphatic hydroxyl groups is 1. The molecule has 0 bridgehead atoms. The fourth-order valence-electron chi connectivity index (χ4n) is 2.57. The third-order valence-electron chi connectivity index (χ3n) is 3.77. The van der Waals surface area contributed by atoms with Crippen molar-refractivity contribution in [2.24, 2.45) is 11.8 Å². The second-order valence-corrected chi connectivity index (χ2v) is 5.20. The summed E-state index contributed by atoms with van der Waals surface area (Å²) in [7, 11) is 0. The summed E-state index contributed by atoms with van der Waals surface area (Å²) in [5, 5.41) is 21.1. The maximum Gasteiger partial charge on any atom is 0.306 e. The summed E-state index contributed by atoms with van der Waals surface area (Å²) >= 11 is 0. The van der Waals surface area contributed by atoms with Gasteiger partial charge in [-0.25, -0.2) is 0 Å². The molecule has 0 aromatic rings. The van der Waals surface area contributed by atoms with E-state index in [1.54, 1.807) is 0 Å². The molecule has 17 heavy (non-hydrogen) atoms. The minimum atomic E-state index is -0.942. The Morgan fingerprint density at radius 3 is 2.41 bits per heavy atom. The molecular weight excluding hydrogens is 218 g/mol. The number of carboxylic acids is 1. The number of carbonyl (C=O) groups is 1. The van der Waals surface area contributed by atoms with Crippen LogP contribution in [-0.4, -0.2) is 35.4 Å². The zero-order chi connectivity index (χ0) is 12.7. The van der Waals surface area contributed by atoms with E-state index in [4.69, 9.17) is 5.11 Å². The fraction of sp³-hybridized carbons (Fsp3) is 0.923. The van der Waals surface area contributed by atoms with Gasteiger partial charge in [0.25, 0.3) is 0 Å². The summed E-state index contributed by atoms with van der Waals surface area (Å²) in [5.74, 6) is 0.668. The van der Waals surface area contributed by atoms with E-state index >= 15 is 0 Å². The third-order valence-corrected chi connectivity index (χ3v) is 3.77. The molecule has 1 aliphatic rings. The van der Waals surface area contributed by atoms with Crippen LogP contribution >= 0.6 is 0 Å². The highest BCUT2D eigenvalue weighted by Gasteiger charge is 2.19. The van der Waals surface area contributed by atoms with Gasteiger partial charge in [-0.2, -0.15) is 0 Å². The van der Waals surface area contributed by atoms with E-state index in [9.17, 15) is 9.90 Å². The van der Waals surface area contributed by atoms with Crippen LogP contribution < -0.4 is 5.32 Å². The minimum absolute atomic E-state index is 0.171. The molecule has 4 heteroatoms. The topological polar surface area (TPSA) is 69.6 Å². The molecule has 0 heterocycles. The second kappa shape index (κ2) is 7.67. The lowest BCUT2D eigenvalue weighted by Gasteiger charge is -2.28. The van der Waals surface area contributed by atoms with Crippen LogP contribution in [0.3, 0.4) is 0 Å². The van der Waals surface area contributed by atoms with Crippen LogP contribution in [0.25, 0.3) is 0 Å². The minimum Gasteiger partial charge on any atom is -0.481 e. The first kappa shape index (κ1) is 14.5. The Morgan fingerprint density at radius 2 is 1.88 bits per heavy atom. The van der Waals surface area contributed by atoms with Crippen molar-refractivity contribution in [3.63, 3.8) is 0 Å². The van der Waals surface area contributed by atoms with Crippen LogP contribution in [0, 0.1) is 11.8 Å². The maximum absolute atomic E-state index is 10.4. The zero-order valence-corrected chi connectivity index (χ0v) is 10.7. The van der Waals surface area contributed by atoms with Crippen LogP contribution in [-0.2, 0) is 4.79 Å². The van der Waals surface area contributed by atoms with Crippen molar-refractivity contribution in [2.75, 3.05) is 13.1 Å². The van der Waals surface area contributed by atoms with Gasteiger partial charge in [-0.3, -0.25) is 4.79 Å². The molecule has 0 radical (unpaired) electrons. The van der Waals surface area contributed by atoms with E-state index in [1.807, 2.05) is 0 Å². The van der Waals surface area contributed by atoms with Crippen molar-refractivity contribution in [2.45, 2.75) is 51.6 Å². The molecule has 3 N–H and O–H groups in total. The zero-order valence-electron chi connectivity index (χ0n) is 10.7. The summed E-state index contributed by atoms with van der Waals surface area (Å²) in [6.45, 7) is 3.55. The van der Waals surface area contributed by atoms with Gasteiger partial charge in [0.1, 0.15) is 0 Å². The van der Waals surface area contributed by atoms with Crippen molar-refractivity contribution >= 4 is 5.97 Å².